The minimum atomic E-state index is -0.400. The third-order valence-corrected chi connectivity index (χ3v) is 7.36. The zero-order valence-electron chi connectivity index (χ0n) is 25.8. The van der Waals surface area contributed by atoms with Gasteiger partial charge in [-0.1, -0.05) is 109 Å². The summed E-state index contributed by atoms with van der Waals surface area (Å²) in [5.41, 5.74) is 2.29. The lowest BCUT2D eigenvalue weighted by atomic mass is 10.1. The molecule has 0 amide bonds. The summed E-state index contributed by atoms with van der Waals surface area (Å²) >= 11 is 0. The Morgan fingerprint density at radius 2 is 1.02 bits per heavy atom. The molecule has 3 aromatic rings. The molecule has 0 aliphatic rings. The normalized spacial score (nSPS) is 10.9. The first-order chi connectivity index (χ1) is 20.7. The maximum Gasteiger partial charge on any atom is 0.343 e. The third-order valence-electron chi connectivity index (χ3n) is 7.36. The van der Waals surface area contributed by atoms with Gasteiger partial charge >= 0.3 is 12.0 Å². The van der Waals surface area contributed by atoms with Crippen molar-refractivity contribution in [3.05, 3.63) is 66.5 Å². The van der Waals surface area contributed by atoms with Gasteiger partial charge in [0.1, 0.15) is 11.5 Å². The second-order valence-electron chi connectivity index (χ2n) is 11.0. The van der Waals surface area contributed by atoms with E-state index in [1.165, 1.54) is 83.5 Å². The number of nitrogens with zero attached hydrogens (tertiary/aromatic N) is 2. The molecule has 3 rings (SSSR count). The van der Waals surface area contributed by atoms with Gasteiger partial charge in [0.15, 0.2) is 0 Å². The maximum atomic E-state index is 12.6. The molecular weight excluding hydrogens is 524 g/mol. The van der Waals surface area contributed by atoms with Gasteiger partial charge in [-0.15, -0.1) is 0 Å². The molecule has 1 aromatic heterocycles. The van der Waals surface area contributed by atoms with Gasteiger partial charge in [-0.25, -0.2) is 14.8 Å². The van der Waals surface area contributed by atoms with Crippen LogP contribution in [0.15, 0.2) is 60.9 Å². The van der Waals surface area contributed by atoms with Gasteiger partial charge in [0, 0.05) is 18.0 Å². The fraction of sp³-hybridized carbons (Fsp3) is 0.528. The van der Waals surface area contributed by atoms with Crippen LogP contribution >= 0.6 is 0 Å². The molecule has 42 heavy (non-hydrogen) atoms. The number of benzene rings is 2. The SMILES string of the molecule is CCCCCCCCCCCOc1ccc(C(=O)Oc2ccc(-c3cnc(OCCCCCCCC)nc3)cc2)cc1. The summed E-state index contributed by atoms with van der Waals surface area (Å²) < 4.78 is 17.1. The molecule has 228 valence electrons. The first-order valence-electron chi connectivity index (χ1n) is 16.2. The predicted octanol–water partition coefficient (Wildman–Crippen LogP) is 10.0. The standard InChI is InChI=1S/C36H50N2O4/c1-3-5-7-9-11-12-13-15-16-26-40-33-22-20-31(21-23-33)35(39)42-34-24-18-30(19-25-34)32-28-37-36(38-29-32)41-27-17-14-10-8-6-4-2/h18-25,28-29H,3-17,26-27H2,1-2H3. The van der Waals surface area contributed by atoms with Crippen LogP contribution in [0.5, 0.6) is 17.5 Å². The summed E-state index contributed by atoms with van der Waals surface area (Å²) in [5.74, 6) is 0.856. The van der Waals surface area contributed by atoms with Crippen molar-refractivity contribution in [2.45, 2.75) is 110 Å². The molecule has 0 aliphatic heterocycles. The fourth-order valence-corrected chi connectivity index (χ4v) is 4.76. The van der Waals surface area contributed by atoms with Gasteiger partial charge < -0.3 is 14.2 Å². The van der Waals surface area contributed by atoms with Crippen LogP contribution in [0, 0.1) is 0 Å². The van der Waals surface area contributed by atoms with Crippen LogP contribution in [-0.2, 0) is 0 Å². The number of rotatable bonds is 22. The minimum Gasteiger partial charge on any atom is -0.494 e. The molecule has 0 spiro atoms. The number of hydrogen-bond donors (Lipinski definition) is 0. The summed E-state index contributed by atoms with van der Waals surface area (Å²) in [6, 6.07) is 14.9. The van der Waals surface area contributed by atoms with Crippen LogP contribution in [-0.4, -0.2) is 29.2 Å². The molecule has 0 unspecified atom stereocenters. The van der Waals surface area contributed by atoms with Crippen LogP contribution < -0.4 is 14.2 Å². The van der Waals surface area contributed by atoms with Crippen molar-refractivity contribution in [3.8, 4) is 28.6 Å². The predicted molar refractivity (Wildman–Crippen MR) is 170 cm³/mol. The second-order valence-corrected chi connectivity index (χ2v) is 11.0. The molecule has 0 saturated heterocycles. The second kappa shape index (κ2) is 20.5. The number of hydrogen-bond acceptors (Lipinski definition) is 6. The number of esters is 1. The van der Waals surface area contributed by atoms with Crippen LogP contribution in [0.3, 0.4) is 0 Å². The van der Waals surface area contributed by atoms with Gasteiger partial charge in [-0.3, -0.25) is 0 Å². The summed E-state index contributed by atoms with van der Waals surface area (Å²) in [5, 5.41) is 0. The van der Waals surface area contributed by atoms with E-state index in [0.29, 0.717) is 30.5 Å². The van der Waals surface area contributed by atoms with E-state index in [-0.39, 0.29) is 0 Å². The highest BCUT2D eigenvalue weighted by Crippen LogP contribution is 2.23. The van der Waals surface area contributed by atoms with Crippen LogP contribution in [0.1, 0.15) is 121 Å². The van der Waals surface area contributed by atoms with Gasteiger partial charge in [-0.2, -0.15) is 0 Å². The van der Waals surface area contributed by atoms with E-state index >= 15 is 0 Å². The molecule has 0 bridgehead atoms. The molecule has 0 fully saturated rings. The molecule has 6 heteroatoms. The summed E-state index contributed by atoms with van der Waals surface area (Å²) in [6.07, 6.45) is 22.4. The number of aromatic nitrogens is 2. The molecule has 1 heterocycles. The molecule has 0 N–H and O–H groups in total. The summed E-state index contributed by atoms with van der Waals surface area (Å²) in [4.78, 5) is 21.3. The Bertz CT molecular complexity index is 1110. The molecule has 6 nitrogen and oxygen atoms in total. The molecule has 0 atom stereocenters. The first kappa shape index (κ1) is 33.1. The van der Waals surface area contributed by atoms with Crippen LogP contribution in [0.4, 0.5) is 0 Å². The lowest BCUT2D eigenvalue weighted by molar-refractivity contribution is 0.0734. The topological polar surface area (TPSA) is 70.5 Å². The highest BCUT2D eigenvalue weighted by Gasteiger charge is 2.10. The highest BCUT2D eigenvalue weighted by molar-refractivity contribution is 5.91. The number of ether oxygens (including phenoxy) is 3. The zero-order valence-corrected chi connectivity index (χ0v) is 25.8. The number of carbonyl (C=O) groups excluding carboxylic acids is 1. The van der Waals surface area contributed by atoms with E-state index in [1.807, 2.05) is 24.3 Å². The van der Waals surface area contributed by atoms with Crippen molar-refractivity contribution < 1.29 is 19.0 Å². The lowest BCUT2D eigenvalue weighted by Crippen LogP contribution is -2.08. The Morgan fingerprint density at radius 3 is 1.57 bits per heavy atom. The molecule has 0 radical (unpaired) electrons. The van der Waals surface area contributed by atoms with E-state index in [2.05, 4.69) is 23.8 Å². The van der Waals surface area contributed by atoms with Crippen LogP contribution in [0.25, 0.3) is 11.1 Å². The van der Waals surface area contributed by atoms with Crippen molar-refractivity contribution in [3.63, 3.8) is 0 Å². The average Bonchev–Trinajstić information content (AvgIpc) is 3.02. The first-order valence-corrected chi connectivity index (χ1v) is 16.2. The van der Waals surface area contributed by atoms with E-state index in [9.17, 15) is 4.79 Å². The van der Waals surface area contributed by atoms with Gasteiger partial charge in [0.2, 0.25) is 0 Å². The smallest absolute Gasteiger partial charge is 0.343 e. The van der Waals surface area contributed by atoms with Crippen molar-refractivity contribution in [2.75, 3.05) is 13.2 Å². The van der Waals surface area contributed by atoms with E-state index in [0.717, 1.165) is 29.7 Å². The lowest BCUT2D eigenvalue weighted by Gasteiger charge is -2.08. The van der Waals surface area contributed by atoms with Gasteiger partial charge in [0.25, 0.3) is 0 Å². The molecule has 0 saturated carbocycles. The van der Waals surface area contributed by atoms with E-state index in [1.54, 1.807) is 36.7 Å². The Labute approximate surface area is 253 Å². The van der Waals surface area contributed by atoms with Crippen molar-refractivity contribution in [1.29, 1.82) is 0 Å². The Hall–Kier alpha value is -3.41. The van der Waals surface area contributed by atoms with E-state index in [4.69, 9.17) is 14.2 Å². The molecule has 0 aliphatic carbocycles. The number of carbonyl (C=O) groups is 1. The van der Waals surface area contributed by atoms with Crippen molar-refractivity contribution in [1.82, 2.24) is 9.97 Å². The van der Waals surface area contributed by atoms with Crippen molar-refractivity contribution >= 4 is 5.97 Å². The molecular formula is C36H50N2O4. The third kappa shape index (κ3) is 13.1. The maximum absolute atomic E-state index is 12.6. The minimum absolute atomic E-state index is 0.400. The summed E-state index contributed by atoms with van der Waals surface area (Å²) in [7, 11) is 0. The van der Waals surface area contributed by atoms with Crippen molar-refractivity contribution in [2.24, 2.45) is 0 Å². The quantitative estimate of drug-likeness (QED) is 0.0675. The summed E-state index contributed by atoms with van der Waals surface area (Å²) in [6.45, 7) is 5.82. The zero-order chi connectivity index (χ0) is 29.7. The molecule has 2 aromatic carbocycles. The number of unbranched alkanes of at least 4 members (excludes halogenated alkanes) is 13. The van der Waals surface area contributed by atoms with E-state index < -0.39 is 5.97 Å². The largest absolute Gasteiger partial charge is 0.494 e. The highest BCUT2D eigenvalue weighted by atomic mass is 16.5. The van der Waals surface area contributed by atoms with Gasteiger partial charge in [-0.05, 0) is 54.8 Å². The monoisotopic (exact) mass is 574 g/mol. The Morgan fingerprint density at radius 1 is 0.548 bits per heavy atom. The van der Waals surface area contributed by atoms with Gasteiger partial charge in [0.05, 0.1) is 18.8 Å². The Kier molecular flexibility index (Phi) is 16.1. The van der Waals surface area contributed by atoms with Crippen LogP contribution in [0.2, 0.25) is 0 Å². The Balaban J connectivity index is 1.33. The average molecular weight is 575 g/mol. The fourth-order valence-electron chi connectivity index (χ4n) is 4.76.